The first-order chi connectivity index (χ1) is 9.62. The number of ether oxygens (including phenoxy) is 2. The van der Waals surface area contributed by atoms with Gasteiger partial charge in [0.25, 0.3) is 6.29 Å². The molecule has 0 fully saturated rings. The van der Waals surface area contributed by atoms with Gasteiger partial charge >= 0.3 is 0 Å². The van der Waals surface area contributed by atoms with E-state index in [-0.39, 0.29) is 13.1 Å². The lowest BCUT2D eigenvalue weighted by Gasteiger charge is -2.32. The predicted octanol–water partition coefficient (Wildman–Crippen LogP) is 5.08. The molecule has 20 heavy (non-hydrogen) atoms. The Bertz CT molecular complexity index is 475. The van der Waals surface area contributed by atoms with Gasteiger partial charge in [-0.2, -0.15) is 0 Å². The number of para-hydroxylation sites is 2. The van der Waals surface area contributed by atoms with Crippen LogP contribution in [-0.4, -0.2) is 11.4 Å². The van der Waals surface area contributed by atoms with Crippen molar-refractivity contribution in [3.63, 3.8) is 0 Å². The first-order valence-corrected chi connectivity index (χ1v) is 8.44. The monoisotopic (exact) mass is 308 g/mol. The fourth-order valence-electron chi connectivity index (χ4n) is 1.61. The van der Waals surface area contributed by atoms with Crippen LogP contribution in [0.4, 0.5) is 0 Å². The summed E-state index contributed by atoms with van der Waals surface area (Å²) in [6.07, 6.45) is -0.442. The molecule has 0 bridgehead atoms. The van der Waals surface area contributed by atoms with Crippen molar-refractivity contribution < 1.29 is 9.47 Å². The summed E-state index contributed by atoms with van der Waals surface area (Å²) >= 11 is 6.09. The summed E-state index contributed by atoms with van der Waals surface area (Å²) in [7, 11) is 0.190. The lowest BCUT2D eigenvalue weighted by molar-refractivity contribution is -0.0175. The molecule has 0 radical (unpaired) electrons. The molecule has 0 aliphatic rings. The summed E-state index contributed by atoms with van der Waals surface area (Å²) in [6.45, 7) is 4.07. The minimum absolute atomic E-state index is 0.190. The lowest BCUT2D eigenvalue weighted by Crippen LogP contribution is -2.41. The Morgan fingerprint density at radius 2 is 1.25 bits per heavy atom. The van der Waals surface area contributed by atoms with Crippen LogP contribution in [-0.2, 0) is 0 Å². The molecule has 4 heteroatoms. The van der Waals surface area contributed by atoms with E-state index < -0.39 is 6.29 Å². The molecule has 0 spiro atoms. The van der Waals surface area contributed by atoms with Crippen LogP contribution >= 0.6 is 19.2 Å². The molecule has 0 amide bonds. The Balaban J connectivity index is 2.17. The number of halogens is 1. The zero-order valence-corrected chi connectivity index (χ0v) is 13.3. The molecule has 0 N–H and O–H groups in total. The third-order valence-electron chi connectivity index (χ3n) is 2.81. The zero-order valence-electron chi connectivity index (χ0n) is 11.5. The molecule has 2 rings (SSSR count). The average Bonchev–Trinajstić information content (AvgIpc) is 2.49. The van der Waals surface area contributed by atoms with E-state index in [1.807, 2.05) is 74.5 Å². The summed E-state index contributed by atoms with van der Waals surface area (Å²) in [4.78, 5) is 0. The van der Waals surface area contributed by atoms with E-state index in [0.29, 0.717) is 0 Å². The van der Waals surface area contributed by atoms with Crippen LogP contribution in [0, 0.1) is 0 Å². The first kappa shape index (κ1) is 15.2. The van der Waals surface area contributed by atoms with E-state index in [2.05, 4.69) is 0 Å². The molecular weight excluding hydrogens is 291 g/mol. The second-order valence-electron chi connectivity index (χ2n) is 5.01. The van der Waals surface area contributed by atoms with Crippen molar-refractivity contribution in [3.05, 3.63) is 60.7 Å². The maximum atomic E-state index is 6.09. The maximum Gasteiger partial charge on any atom is 0.250 e. The number of hydrogen-bond donors (Lipinski definition) is 0. The summed E-state index contributed by atoms with van der Waals surface area (Å²) < 4.78 is 11.9. The second-order valence-corrected chi connectivity index (χ2v) is 7.05. The van der Waals surface area contributed by atoms with Gasteiger partial charge in [-0.15, -0.1) is 0 Å². The van der Waals surface area contributed by atoms with E-state index in [1.54, 1.807) is 0 Å². The molecule has 0 aromatic heterocycles. The van der Waals surface area contributed by atoms with Crippen molar-refractivity contribution in [3.8, 4) is 11.5 Å². The van der Waals surface area contributed by atoms with Gasteiger partial charge in [-0.3, -0.25) is 0 Å². The van der Waals surface area contributed by atoms with Crippen LogP contribution in [0.1, 0.15) is 13.8 Å². The normalized spacial score (nSPS) is 12.0. The minimum atomic E-state index is -0.442. The molecular formula is C16H18ClO2P. The third-order valence-corrected chi connectivity index (χ3v) is 4.99. The summed E-state index contributed by atoms with van der Waals surface area (Å²) in [6, 6.07) is 19.3. The smallest absolute Gasteiger partial charge is 0.250 e. The van der Waals surface area contributed by atoms with E-state index in [9.17, 15) is 0 Å². The van der Waals surface area contributed by atoms with E-state index in [1.165, 1.54) is 0 Å². The Morgan fingerprint density at radius 3 is 1.60 bits per heavy atom. The zero-order chi connectivity index (χ0) is 14.4. The minimum Gasteiger partial charge on any atom is -0.454 e. The van der Waals surface area contributed by atoms with E-state index in [0.717, 1.165) is 11.5 Å². The van der Waals surface area contributed by atoms with Crippen LogP contribution < -0.4 is 9.47 Å². The van der Waals surface area contributed by atoms with Gasteiger partial charge in [-0.25, -0.2) is 0 Å². The van der Waals surface area contributed by atoms with Gasteiger partial charge in [0, 0.05) is 0 Å². The predicted molar refractivity (Wildman–Crippen MR) is 86.2 cm³/mol. The Morgan fingerprint density at radius 1 is 0.850 bits per heavy atom. The molecule has 2 nitrogen and oxygen atoms in total. The van der Waals surface area contributed by atoms with Crippen molar-refractivity contribution in [2.75, 3.05) is 0 Å². The largest absolute Gasteiger partial charge is 0.454 e. The first-order valence-electron chi connectivity index (χ1n) is 6.43. The average molecular weight is 309 g/mol. The molecule has 0 saturated carbocycles. The molecule has 0 saturated heterocycles. The number of hydrogen-bond acceptors (Lipinski definition) is 2. The number of benzene rings is 2. The molecule has 106 valence electrons. The van der Waals surface area contributed by atoms with Crippen molar-refractivity contribution in [2.24, 2.45) is 0 Å². The van der Waals surface area contributed by atoms with Gasteiger partial charge < -0.3 is 9.47 Å². The molecule has 2 aromatic rings. The molecule has 2 aromatic carbocycles. The quantitative estimate of drug-likeness (QED) is 0.547. The fourth-order valence-corrected chi connectivity index (χ4v) is 2.08. The fraction of sp³-hybridized carbons (Fsp3) is 0.250. The van der Waals surface area contributed by atoms with Crippen LogP contribution in [0.25, 0.3) is 0 Å². The van der Waals surface area contributed by atoms with Crippen LogP contribution in [0.3, 0.4) is 0 Å². The van der Waals surface area contributed by atoms with Gasteiger partial charge in [0.1, 0.15) is 11.5 Å². The van der Waals surface area contributed by atoms with Crippen molar-refractivity contribution in [1.29, 1.82) is 0 Å². The van der Waals surface area contributed by atoms with E-state index in [4.69, 9.17) is 20.7 Å². The summed E-state index contributed by atoms with van der Waals surface area (Å²) in [5, 5.41) is -0.284. The second kappa shape index (κ2) is 6.97. The number of rotatable bonds is 6. The molecule has 1 unspecified atom stereocenters. The Hall–Kier alpha value is -1.24. The van der Waals surface area contributed by atoms with Gasteiger partial charge in [0.05, 0.1) is 5.16 Å². The van der Waals surface area contributed by atoms with Crippen molar-refractivity contribution in [1.82, 2.24) is 0 Å². The molecule has 0 aliphatic carbocycles. The highest BCUT2D eigenvalue weighted by atomic mass is 35.7. The Kier molecular flexibility index (Phi) is 5.28. The van der Waals surface area contributed by atoms with Gasteiger partial charge in [-0.05, 0) is 46.0 Å². The van der Waals surface area contributed by atoms with Crippen molar-refractivity contribution >= 4 is 19.2 Å². The maximum absolute atomic E-state index is 6.09. The lowest BCUT2D eigenvalue weighted by atomic mass is 10.2. The highest BCUT2D eigenvalue weighted by Crippen LogP contribution is 2.40. The molecule has 0 aliphatic heterocycles. The van der Waals surface area contributed by atoms with Gasteiger partial charge in [0.2, 0.25) is 0 Å². The summed E-state index contributed by atoms with van der Waals surface area (Å²) in [5.74, 6) is 1.55. The summed E-state index contributed by atoms with van der Waals surface area (Å²) in [5.41, 5.74) is 0. The SMILES string of the molecule is CC(C)(PCl)C(Oc1ccccc1)Oc1ccccc1. The van der Waals surface area contributed by atoms with Gasteiger partial charge in [0.15, 0.2) is 0 Å². The van der Waals surface area contributed by atoms with Crippen LogP contribution in [0.5, 0.6) is 11.5 Å². The van der Waals surface area contributed by atoms with Crippen LogP contribution in [0.15, 0.2) is 60.7 Å². The van der Waals surface area contributed by atoms with Crippen molar-refractivity contribution in [2.45, 2.75) is 25.3 Å². The van der Waals surface area contributed by atoms with Gasteiger partial charge in [-0.1, -0.05) is 47.6 Å². The third kappa shape index (κ3) is 4.13. The highest BCUT2D eigenvalue weighted by molar-refractivity contribution is 7.69. The topological polar surface area (TPSA) is 18.5 Å². The standard InChI is InChI=1S/C16H18ClO2P/c1-16(2,20-17)15(18-13-9-5-3-6-10-13)19-14-11-7-4-8-12-14/h3-12,15,20H,1-2H3. The highest BCUT2D eigenvalue weighted by Gasteiger charge is 2.33. The van der Waals surface area contributed by atoms with E-state index >= 15 is 0 Å². The molecule has 0 heterocycles. The van der Waals surface area contributed by atoms with Crippen LogP contribution in [0.2, 0.25) is 0 Å². The molecule has 1 atom stereocenters. The Labute approximate surface area is 126 Å².